The SMILES string of the molecule is CCCCCCCCC(CCC)Oc1ccccc1-c1cc(-c2ccc([N+](=O)[O-])cc2)nc(-c2ccc([N+](=O)[O-])cc2)c1. The molecule has 1 aromatic heterocycles. The first-order chi connectivity index (χ1) is 20.9. The Morgan fingerprint density at radius 2 is 1.19 bits per heavy atom. The van der Waals surface area contributed by atoms with Gasteiger partial charge in [-0.15, -0.1) is 0 Å². The number of aromatic nitrogens is 1. The summed E-state index contributed by atoms with van der Waals surface area (Å²) in [6.45, 7) is 4.41. The molecule has 0 saturated carbocycles. The predicted octanol–water partition coefficient (Wildman–Crippen LogP) is 10.2. The number of benzene rings is 3. The van der Waals surface area contributed by atoms with Crippen LogP contribution < -0.4 is 4.74 Å². The van der Waals surface area contributed by atoms with Gasteiger partial charge in [-0.25, -0.2) is 4.98 Å². The second kappa shape index (κ2) is 15.6. The van der Waals surface area contributed by atoms with Crippen LogP contribution in [0.15, 0.2) is 84.9 Å². The lowest BCUT2D eigenvalue weighted by atomic mass is 9.98. The van der Waals surface area contributed by atoms with Gasteiger partial charge >= 0.3 is 0 Å². The maximum atomic E-state index is 11.2. The highest BCUT2D eigenvalue weighted by Crippen LogP contribution is 2.36. The molecular weight excluding hydrogens is 542 g/mol. The maximum absolute atomic E-state index is 11.2. The van der Waals surface area contributed by atoms with Crippen molar-refractivity contribution in [3.8, 4) is 39.4 Å². The third-order valence-electron chi connectivity index (χ3n) is 7.56. The molecule has 0 fully saturated rings. The molecule has 4 aromatic rings. The molecular formula is C35H39N3O5. The molecule has 0 bridgehead atoms. The molecule has 0 spiro atoms. The average molecular weight is 582 g/mol. The number of nitrogens with zero attached hydrogens (tertiary/aromatic N) is 3. The van der Waals surface area contributed by atoms with Gasteiger partial charge in [0.25, 0.3) is 11.4 Å². The van der Waals surface area contributed by atoms with E-state index in [0.717, 1.165) is 53.7 Å². The lowest BCUT2D eigenvalue weighted by Gasteiger charge is -2.21. The van der Waals surface area contributed by atoms with Crippen LogP contribution in [-0.4, -0.2) is 20.9 Å². The van der Waals surface area contributed by atoms with Crippen molar-refractivity contribution >= 4 is 11.4 Å². The molecule has 4 rings (SSSR count). The number of non-ortho nitro benzene ring substituents is 2. The summed E-state index contributed by atoms with van der Waals surface area (Å²) in [4.78, 5) is 26.5. The van der Waals surface area contributed by atoms with Gasteiger partial charge in [-0.3, -0.25) is 20.2 Å². The molecule has 224 valence electrons. The van der Waals surface area contributed by atoms with Crippen LogP contribution >= 0.6 is 0 Å². The van der Waals surface area contributed by atoms with Crippen LogP contribution in [-0.2, 0) is 0 Å². The van der Waals surface area contributed by atoms with Crippen LogP contribution in [0.1, 0.15) is 71.6 Å². The third-order valence-corrected chi connectivity index (χ3v) is 7.56. The highest BCUT2D eigenvalue weighted by atomic mass is 16.6. The Kier molecular flexibility index (Phi) is 11.4. The summed E-state index contributed by atoms with van der Waals surface area (Å²) in [5.41, 5.74) is 4.51. The largest absolute Gasteiger partial charge is 0.490 e. The van der Waals surface area contributed by atoms with Crippen LogP contribution in [0.5, 0.6) is 5.75 Å². The first-order valence-electron chi connectivity index (χ1n) is 15.2. The van der Waals surface area contributed by atoms with Crippen LogP contribution in [0, 0.1) is 20.2 Å². The van der Waals surface area contributed by atoms with Crippen LogP contribution in [0.4, 0.5) is 11.4 Å². The Labute approximate surface area is 253 Å². The zero-order chi connectivity index (χ0) is 30.6. The number of unbranched alkanes of at least 4 members (excludes halogenated alkanes) is 5. The number of nitro groups is 2. The average Bonchev–Trinajstić information content (AvgIpc) is 3.03. The van der Waals surface area contributed by atoms with Gasteiger partial charge in [-0.05, 0) is 67.3 Å². The molecule has 0 N–H and O–H groups in total. The molecule has 0 aliphatic heterocycles. The normalized spacial score (nSPS) is 11.7. The Bertz CT molecular complexity index is 1430. The van der Waals surface area contributed by atoms with Gasteiger partial charge in [-0.1, -0.05) is 70.6 Å². The van der Waals surface area contributed by atoms with E-state index in [9.17, 15) is 20.2 Å². The highest BCUT2D eigenvalue weighted by molar-refractivity contribution is 5.79. The minimum atomic E-state index is -0.429. The van der Waals surface area contributed by atoms with Crippen molar-refractivity contribution in [1.29, 1.82) is 0 Å². The summed E-state index contributed by atoms with van der Waals surface area (Å²) in [7, 11) is 0. The summed E-state index contributed by atoms with van der Waals surface area (Å²) in [6.07, 6.45) is 10.6. The van der Waals surface area contributed by atoms with Gasteiger partial charge < -0.3 is 4.74 Å². The summed E-state index contributed by atoms with van der Waals surface area (Å²) >= 11 is 0. The van der Waals surface area contributed by atoms with E-state index < -0.39 is 9.85 Å². The fourth-order valence-corrected chi connectivity index (χ4v) is 5.21. The van der Waals surface area contributed by atoms with Crippen LogP contribution in [0.2, 0.25) is 0 Å². The molecule has 1 unspecified atom stereocenters. The summed E-state index contributed by atoms with van der Waals surface area (Å²) in [5.74, 6) is 0.794. The van der Waals surface area contributed by atoms with Crippen molar-refractivity contribution in [3.05, 3.63) is 105 Å². The zero-order valence-electron chi connectivity index (χ0n) is 24.9. The highest BCUT2D eigenvalue weighted by Gasteiger charge is 2.17. The number of pyridine rings is 1. The van der Waals surface area contributed by atoms with Gasteiger partial charge in [-0.2, -0.15) is 0 Å². The minimum absolute atomic E-state index is 0.00146. The molecule has 0 radical (unpaired) electrons. The van der Waals surface area contributed by atoms with Crippen molar-refractivity contribution in [3.63, 3.8) is 0 Å². The van der Waals surface area contributed by atoms with Gasteiger partial charge in [0.15, 0.2) is 0 Å². The predicted molar refractivity (Wildman–Crippen MR) is 171 cm³/mol. The number of rotatable bonds is 16. The van der Waals surface area contributed by atoms with E-state index >= 15 is 0 Å². The standard InChI is InChI=1S/C35H39N3O5/c1-3-5-6-7-8-9-13-31(12-4-2)43-35-15-11-10-14-32(35)28-24-33(26-16-20-29(21-17-26)37(39)40)36-34(25-28)27-18-22-30(23-19-27)38(41)42/h10-11,14-25,31H,3-9,12-13H2,1-2H3. The lowest BCUT2D eigenvalue weighted by molar-refractivity contribution is -0.385. The van der Waals surface area contributed by atoms with Crippen molar-refractivity contribution in [2.45, 2.75) is 77.7 Å². The van der Waals surface area contributed by atoms with Crippen molar-refractivity contribution < 1.29 is 14.6 Å². The molecule has 1 heterocycles. The first kappa shape index (κ1) is 31.3. The molecule has 3 aromatic carbocycles. The molecule has 8 nitrogen and oxygen atoms in total. The molecule has 0 amide bonds. The second-order valence-corrected chi connectivity index (χ2v) is 10.8. The number of ether oxygens (including phenoxy) is 1. The van der Waals surface area contributed by atoms with Crippen molar-refractivity contribution in [1.82, 2.24) is 4.98 Å². The van der Waals surface area contributed by atoms with Crippen molar-refractivity contribution in [2.75, 3.05) is 0 Å². The maximum Gasteiger partial charge on any atom is 0.269 e. The van der Waals surface area contributed by atoms with Gasteiger partial charge in [0, 0.05) is 41.0 Å². The fourth-order valence-electron chi connectivity index (χ4n) is 5.21. The smallest absolute Gasteiger partial charge is 0.269 e. The zero-order valence-corrected chi connectivity index (χ0v) is 24.9. The fraction of sp³-hybridized carbons (Fsp3) is 0.343. The molecule has 0 saturated heterocycles. The molecule has 0 aliphatic carbocycles. The van der Waals surface area contributed by atoms with E-state index in [1.165, 1.54) is 56.4 Å². The van der Waals surface area contributed by atoms with Gasteiger partial charge in [0.1, 0.15) is 5.75 Å². The monoisotopic (exact) mass is 581 g/mol. The third kappa shape index (κ3) is 8.70. The second-order valence-electron chi connectivity index (χ2n) is 10.8. The van der Waals surface area contributed by atoms with Gasteiger partial charge in [0.05, 0.1) is 27.3 Å². The topological polar surface area (TPSA) is 108 Å². The van der Waals surface area contributed by atoms with E-state index in [-0.39, 0.29) is 17.5 Å². The Morgan fingerprint density at radius 1 is 0.651 bits per heavy atom. The molecule has 8 heteroatoms. The summed E-state index contributed by atoms with van der Waals surface area (Å²) in [5, 5.41) is 22.5. The van der Waals surface area contributed by atoms with E-state index in [2.05, 4.69) is 13.8 Å². The number of hydrogen-bond acceptors (Lipinski definition) is 6. The molecule has 0 aliphatic rings. The molecule has 43 heavy (non-hydrogen) atoms. The quantitative estimate of drug-likeness (QED) is 0.0740. The Hall–Kier alpha value is -4.59. The summed E-state index contributed by atoms with van der Waals surface area (Å²) < 4.78 is 6.67. The van der Waals surface area contributed by atoms with E-state index in [1.807, 2.05) is 36.4 Å². The number of hydrogen-bond donors (Lipinski definition) is 0. The molecule has 1 atom stereocenters. The van der Waals surface area contributed by atoms with E-state index in [0.29, 0.717) is 11.4 Å². The number of nitro benzene ring substituents is 2. The lowest BCUT2D eigenvalue weighted by Crippen LogP contribution is -2.16. The Balaban J connectivity index is 1.70. The van der Waals surface area contributed by atoms with E-state index in [1.54, 1.807) is 24.3 Å². The van der Waals surface area contributed by atoms with Crippen LogP contribution in [0.25, 0.3) is 33.6 Å². The summed E-state index contributed by atoms with van der Waals surface area (Å²) in [6, 6.07) is 24.5. The Morgan fingerprint density at radius 3 is 1.72 bits per heavy atom. The number of para-hydroxylation sites is 1. The van der Waals surface area contributed by atoms with Crippen molar-refractivity contribution in [2.24, 2.45) is 0 Å². The van der Waals surface area contributed by atoms with Crippen LogP contribution in [0.3, 0.4) is 0 Å². The first-order valence-corrected chi connectivity index (χ1v) is 15.2. The van der Waals surface area contributed by atoms with E-state index in [4.69, 9.17) is 9.72 Å². The van der Waals surface area contributed by atoms with Gasteiger partial charge in [0.2, 0.25) is 0 Å². The minimum Gasteiger partial charge on any atom is -0.490 e.